The molecule has 5 aromatic rings. The number of H-pyrrole nitrogens is 1. The monoisotopic (exact) mass is 784 g/mol. The number of alkyl carbamates (subject to hydrolysis) is 1. The number of alkyl halides is 3. The number of aromatic amines is 1. The maximum absolute atomic E-state index is 15.0. The Labute approximate surface area is 316 Å². The number of thiophene rings is 1. The number of aliphatic hydroxyl groups excluding tert-OH is 1. The van der Waals surface area contributed by atoms with Crippen molar-refractivity contribution in [2.45, 2.75) is 68.6 Å². The molecule has 2 aromatic heterocycles. The molecule has 0 radical (unpaired) electrons. The normalized spacial score (nSPS) is 14.3. The van der Waals surface area contributed by atoms with Gasteiger partial charge in [0.15, 0.2) is 5.78 Å². The number of aliphatic hydroxyl groups is 1. The molecule has 0 bridgehead atoms. The average Bonchev–Trinajstić information content (AvgIpc) is 3.81. The van der Waals surface area contributed by atoms with Crippen molar-refractivity contribution in [1.29, 1.82) is 0 Å². The lowest BCUT2D eigenvalue weighted by Crippen LogP contribution is -2.46. The van der Waals surface area contributed by atoms with Crippen molar-refractivity contribution < 1.29 is 41.0 Å². The number of rotatable bonds is 15. The molecule has 2 heterocycles. The van der Waals surface area contributed by atoms with E-state index in [9.17, 15) is 36.3 Å². The van der Waals surface area contributed by atoms with Gasteiger partial charge in [0.05, 0.1) is 42.3 Å². The lowest BCUT2D eigenvalue weighted by atomic mass is 9.81. The molecule has 3 atom stereocenters. The van der Waals surface area contributed by atoms with Crippen LogP contribution in [0.3, 0.4) is 0 Å². The maximum Gasteiger partial charge on any atom is 0.407 e. The van der Waals surface area contributed by atoms with Crippen LogP contribution >= 0.6 is 11.3 Å². The summed E-state index contributed by atoms with van der Waals surface area (Å²) in [5, 5.41) is 20.5. The fraction of sp³-hybridized carbons (Fsp3) is 0.359. The Morgan fingerprint density at radius 2 is 1.56 bits per heavy atom. The van der Waals surface area contributed by atoms with Gasteiger partial charge in [0.1, 0.15) is 6.04 Å². The Hall–Kier alpha value is -4.57. The van der Waals surface area contributed by atoms with Gasteiger partial charge >= 0.3 is 12.3 Å². The molecule has 10 nitrogen and oxygen atoms in total. The van der Waals surface area contributed by atoms with Gasteiger partial charge < -0.3 is 15.2 Å². The molecular formula is C39H43F3N4O6S2. The SMILES string of the molecule is COC(=O)N[C@H](C(=O)C[C@H](c1ccc([C@@H](CO)N(CCC(C)(C)C)S(=O)(=O)c2ccc3[nH]ncc3c2)s1)C(F)(F)F)C(c1ccccc1)c1ccccc1. The van der Waals surface area contributed by atoms with E-state index in [-0.39, 0.29) is 26.6 Å². The highest BCUT2D eigenvalue weighted by atomic mass is 32.2. The third-order valence-electron chi connectivity index (χ3n) is 9.20. The molecule has 3 aromatic carbocycles. The number of carbonyl (C=O) groups excluding carboxylic acids is 2. The number of halogens is 3. The first-order valence-electron chi connectivity index (χ1n) is 17.2. The summed E-state index contributed by atoms with van der Waals surface area (Å²) in [7, 11) is -3.19. The number of aromatic nitrogens is 2. The van der Waals surface area contributed by atoms with Crippen molar-refractivity contribution in [2.24, 2.45) is 5.41 Å². The third kappa shape index (κ3) is 9.56. The van der Waals surface area contributed by atoms with E-state index in [0.29, 0.717) is 39.8 Å². The molecule has 5 rings (SSSR count). The van der Waals surface area contributed by atoms with Gasteiger partial charge in [-0.05, 0) is 53.3 Å². The number of methoxy groups -OCH3 is 1. The van der Waals surface area contributed by atoms with Crippen molar-refractivity contribution in [3.05, 3.63) is 118 Å². The number of nitrogens with one attached hydrogen (secondary N) is 2. The van der Waals surface area contributed by atoms with Crippen LogP contribution in [-0.2, 0) is 19.6 Å². The second-order valence-electron chi connectivity index (χ2n) is 14.2. The van der Waals surface area contributed by atoms with Gasteiger partial charge in [-0.2, -0.15) is 22.6 Å². The Kier molecular flexibility index (Phi) is 12.7. The number of sulfonamides is 1. The standard InChI is InChI=1S/C39H43F3N4O6S2/c1-38(2,3)19-20-46(54(50,51)28-15-16-30-27(21-28)23-43-45-30)31(24-47)34-18-17-33(53-34)29(39(40,41)42)22-32(48)36(44-37(49)52-4)35(25-11-7-5-8-12-25)26-13-9-6-10-14-26/h5-18,21,23,29,31,35-36,47H,19-20,22,24H2,1-4H3,(H,43,45)(H,44,49)/t29-,31-,36-/m1/s1. The second kappa shape index (κ2) is 16.8. The number of ketones is 1. The van der Waals surface area contributed by atoms with Crippen LogP contribution in [0.4, 0.5) is 18.0 Å². The van der Waals surface area contributed by atoms with Crippen molar-refractivity contribution in [2.75, 3.05) is 20.3 Å². The van der Waals surface area contributed by atoms with E-state index in [1.807, 2.05) is 20.8 Å². The lowest BCUT2D eigenvalue weighted by molar-refractivity contribution is -0.156. The number of hydrogen-bond donors (Lipinski definition) is 3. The predicted molar refractivity (Wildman–Crippen MR) is 201 cm³/mol. The first-order chi connectivity index (χ1) is 25.5. The fourth-order valence-corrected chi connectivity index (χ4v) is 9.24. The molecule has 0 aliphatic rings. The van der Waals surface area contributed by atoms with Crippen LogP contribution in [0.5, 0.6) is 0 Å². The van der Waals surface area contributed by atoms with Crippen LogP contribution in [0.25, 0.3) is 10.9 Å². The van der Waals surface area contributed by atoms with Crippen molar-refractivity contribution in [3.8, 4) is 0 Å². The highest BCUT2D eigenvalue weighted by molar-refractivity contribution is 7.89. The van der Waals surface area contributed by atoms with Gasteiger partial charge in [0.25, 0.3) is 0 Å². The summed E-state index contributed by atoms with van der Waals surface area (Å²) in [5.74, 6) is -4.05. The van der Waals surface area contributed by atoms with Gasteiger partial charge in [0.2, 0.25) is 10.0 Å². The maximum atomic E-state index is 15.0. The minimum Gasteiger partial charge on any atom is -0.453 e. The van der Waals surface area contributed by atoms with Crippen LogP contribution < -0.4 is 5.32 Å². The molecule has 0 aliphatic heterocycles. The summed E-state index contributed by atoms with van der Waals surface area (Å²) in [5.41, 5.74) is 1.48. The first kappa shape index (κ1) is 40.6. The Bertz CT molecular complexity index is 2090. The lowest BCUT2D eigenvalue weighted by Gasteiger charge is -2.32. The minimum absolute atomic E-state index is 0.0316. The molecule has 0 unspecified atom stereocenters. The second-order valence-corrected chi connectivity index (χ2v) is 17.2. The fourth-order valence-electron chi connectivity index (χ4n) is 6.30. The molecule has 54 heavy (non-hydrogen) atoms. The van der Waals surface area contributed by atoms with Crippen LogP contribution in [-0.4, -0.2) is 72.4 Å². The largest absolute Gasteiger partial charge is 0.453 e. The van der Waals surface area contributed by atoms with Gasteiger partial charge in [-0.25, -0.2) is 13.2 Å². The van der Waals surface area contributed by atoms with Gasteiger partial charge in [-0.15, -0.1) is 11.3 Å². The highest BCUT2D eigenvalue weighted by Crippen LogP contribution is 2.44. The van der Waals surface area contributed by atoms with Gasteiger partial charge in [-0.1, -0.05) is 81.4 Å². The molecule has 0 saturated heterocycles. The van der Waals surface area contributed by atoms with Crippen LogP contribution in [0.15, 0.2) is 102 Å². The molecule has 0 saturated carbocycles. The van der Waals surface area contributed by atoms with Gasteiger partial charge in [0, 0.05) is 34.0 Å². The minimum atomic E-state index is -4.91. The number of carbonyl (C=O) groups is 2. The Balaban J connectivity index is 1.52. The highest BCUT2D eigenvalue weighted by Gasteiger charge is 2.46. The van der Waals surface area contributed by atoms with Crippen LogP contribution in [0.1, 0.15) is 72.4 Å². The Morgan fingerprint density at radius 1 is 0.944 bits per heavy atom. The van der Waals surface area contributed by atoms with Crippen LogP contribution in [0, 0.1) is 5.41 Å². The molecule has 3 N–H and O–H groups in total. The Morgan fingerprint density at radius 3 is 2.11 bits per heavy atom. The summed E-state index contributed by atoms with van der Waals surface area (Å²) in [6.45, 7) is 5.05. The van der Waals surface area contributed by atoms with Crippen molar-refractivity contribution >= 4 is 44.1 Å². The number of benzene rings is 3. The summed E-state index contributed by atoms with van der Waals surface area (Å²) < 4.78 is 79.4. The van der Waals surface area contributed by atoms with Crippen LogP contribution in [0.2, 0.25) is 0 Å². The summed E-state index contributed by atoms with van der Waals surface area (Å²) in [4.78, 5) is 26.6. The molecule has 0 spiro atoms. The zero-order valence-corrected chi connectivity index (χ0v) is 31.8. The van der Waals surface area contributed by atoms with E-state index < -0.39 is 65.0 Å². The molecule has 1 amide bonds. The number of Topliss-reactive ketones (excluding diaryl/α,β-unsaturated/α-hetero) is 1. The summed E-state index contributed by atoms with van der Waals surface area (Å²) >= 11 is 0.685. The molecule has 0 fully saturated rings. The van der Waals surface area contributed by atoms with E-state index in [0.717, 1.165) is 11.4 Å². The summed E-state index contributed by atoms with van der Waals surface area (Å²) in [6.07, 6.45) is -5.06. The average molecular weight is 785 g/mol. The molecule has 0 aliphatic carbocycles. The number of ether oxygens (including phenoxy) is 1. The third-order valence-corrected chi connectivity index (χ3v) is 12.4. The number of nitrogens with zero attached hydrogens (tertiary/aromatic N) is 2. The van der Waals surface area contributed by atoms with E-state index in [2.05, 4.69) is 15.5 Å². The van der Waals surface area contributed by atoms with E-state index >= 15 is 0 Å². The molecular weight excluding hydrogens is 742 g/mol. The predicted octanol–water partition coefficient (Wildman–Crippen LogP) is 7.95. The molecule has 15 heteroatoms. The van der Waals surface area contributed by atoms with Gasteiger partial charge in [-0.3, -0.25) is 9.89 Å². The molecule has 288 valence electrons. The smallest absolute Gasteiger partial charge is 0.407 e. The number of fused-ring (bicyclic) bond motifs is 1. The zero-order chi connectivity index (χ0) is 39.3. The quantitative estimate of drug-likeness (QED) is 0.0979. The first-order valence-corrected chi connectivity index (χ1v) is 19.5. The number of amides is 1. The number of hydrogen-bond acceptors (Lipinski definition) is 8. The van der Waals surface area contributed by atoms with Crippen molar-refractivity contribution in [3.63, 3.8) is 0 Å². The van der Waals surface area contributed by atoms with E-state index in [1.165, 1.54) is 30.5 Å². The topological polar surface area (TPSA) is 142 Å². The van der Waals surface area contributed by atoms with E-state index in [1.54, 1.807) is 66.7 Å². The zero-order valence-electron chi connectivity index (χ0n) is 30.2. The van der Waals surface area contributed by atoms with E-state index in [4.69, 9.17) is 4.74 Å². The van der Waals surface area contributed by atoms with Crippen molar-refractivity contribution in [1.82, 2.24) is 19.8 Å². The summed E-state index contributed by atoms with van der Waals surface area (Å²) in [6, 6.07) is 21.7.